The van der Waals surface area contributed by atoms with E-state index < -0.39 is 0 Å². The quantitative estimate of drug-likeness (QED) is 0.774. The number of aromatic nitrogens is 2. The number of carbonyl (C=O) groups is 1. The van der Waals surface area contributed by atoms with Gasteiger partial charge in [-0.3, -0.25) is 4.79 Å². The molecule has 1 fully saturated rings. The van der Waals surface area contributed by atoms with Crippen LogP contribution in [-0.2, 0) is 4.74 Å². The molecule has 3 aromatic rings. The van der Waals surface area contributed by atoms with Gasteiger partial charge in [-0.25, -0.2) is 9.97 Å². The highest BCUT2D eigenvalue weighted by atomic mass is 16.5. The van der Waals surface area contributed by atoms with Crippen molar-refractivity contribution in [3.63, 3.8) is 0 Å². The van der Waals surface area contributed by atoms with Crippen LogP contribution < -0.4 is 10.2 Å². The van der Waals surface area contributed by atoms with E-state index in [1.54, 1.807) is 0 Å². The monoisotopic (exact) mass is 362 g/mol. The predicted molar refractivity (Wildman–Crippen MR) is 106 cm³/mol. The average molecular weight is 362 g/mol. The lowest BCUT2D eigenvalue weighted by Crippen LogP contribution is -2.38. The third-order valence-electron chi connectivity index (χ3n) is 4.93. The summed E-state index contributed by atoms with van der Waals surface area (Å²) in [5.74, 6) is 0.364. The lowest BCUT2D eigenvalue weighted by molar-refractivity contribution is 0.102. The summed E-state index contributed by atoms with van der Waals surface area (Å²) >= 11 is 0. The fraction of sp³-hybridized carbons (Fsp3) is 0.286. The van der Waals surface area contributed by atoms with Crippen LogP contribution >= 0.6 is 0 Å². The van der Waals surface area contributed by atoms with Crippen LogP contribution in [0, 0.1) is 13.8 Å². The van der Waals surface area contributed by atoms with Gasteiger partial charge in [0.05, 0.1) is 24.2 Å². The maximum absolute atomic E-state index is 13.1. The minimum atomic E-state index is -0.247. The number of morpholine rings is 1. The smallest absolute Gasteiger partial charge is 0.278 e. The van der Waals surface area contributed by atoms with Crippen LogP contribution in [0.1, 0.15) is 21.6 Å². The van der Waals surface area contributed by atoms with Gasteiger partial charge in [0.1, 0.15) is 0 Å². The first-order valence-corrected chi connectivity index (χ1v) is 9.10. The van der Waals surface area contributed by atoms with Crippen LogP contribution in [0.3, 0.4) is 0 Å². The van der Waals surface area contributed by atoms with Crippen LogP contribution in [0.15, 0.2) is 42.5 Å². The fourth-order valence-electron chi connectivity index (χ4n) is 3.21. The topological polar surface area (TPSA) is 67.4 Å². The van der Waals surface area contributed by atoms with Gasteiger partial charge in [-0.2, -0.15) is 0 Å². The van der Waals surface area contributed by atoms with Gasteiger partial charge in [-0.05, 0) is 43.2 Å². The number of anilines is 2. The van der Waals surface area contributed by atoms with Gasteiger partial charge in [0.25, 0.3) is 5.91 Å². The molecule has 0 saturated carbocycles. The number of benzene rings is 2. The molecule has 138 valence electrons. The summed E-state index contributed by atoms with van der Waals surface area (Å²) in [6, 6.07) is 13.5. The van der Waals surface area contributed by atoms with Gasteiger partial charge in [0, 0.05) is 18.8 Å². The molecule has 1 aromatic heterocycles. The predicted octanol–water partition coefficient (Wildman–Crippen LogP) is 3.34. The number of nitrogens with zero attached hydrogens (tertiary/aromatic N) is 3. The normalized spacial score (nSPS) is 14.4. The molecule has 0 bridgehead atoms. The molecular formula is C21H22N4O2. The Hall–Kier alpha value is -2.99. The number of carbonyl (C=O) groups excluding carboxylic acids is 1. The van der Waals surface area contributed by atoms with Gasteiger partial charge >= 0.3 is 0 Å². The number of ether oxygens (including phenoxy) is 1. The number of para-hydroxylation sites is 2. The minimum Gasteiger partial charge on any atom is -0.378 e. The molecule has 1 saturated heterocycles. The van der Waals surface area contributed by atoms with Crippen molar-refractivity contribution in [3.8, 4) is 0 Å². The molecule has 0 unspecified atom stereocenters. The molecule has 0 spiro atoms. The molecule has 0 aliphatic carbocycles. The molecular weight excluding hydrogens is 340 g/mol. The van der Waals surface area contributed by atoms with E-state index in [4.69, 9.17) is 9.72 Å². The first-order chi connectivity index (χ1) is 13.1. The maximum Gasteiger partial charge on any atom is 0.278 e. The Morgan fingerprint density at radius 3 is 2.44 bits per heavy atom. The molecule has 2 aromatic carbocycles. The van der Waals surface area contributed by atoms with Crippen LogP contribution in [0.5, 0.6) is 0 Å². The highest BCUT2D eigenvalue weighted by Gasteiger charge is 2.23. The van der Waals surface area contributed by atoms with Gasteiger partial charge in [0.2, 0.25) is 0 Å². The van der Waals surface area contributed by atoms with Gasteiger partial charge < -0.3 is 15.0 Å². The van der Waals surface area contributed by atoms with Crippen molar-refractivity contribution in [2.75, 3.05) is 36.5 Å². The summed E-state index contributed by atoms with van der Waals surface area (Å²) in [6.07, 6.45) is 0. The number of amides is 1. The summed E-state index contributed by atoms with van der Waals surface area (Å²) in [4.78, 5) is 24.6. The zero-order valence-corrected chi connectivity index (χ0v) is 15.5. The summed E-state index contributed by atoms with van der Waals surface area (Å²) < 4.78 is 5.44. The van der Waals surface area contributed by atoms with Gasteiger partial charge in [-0.1, -0.05) is 24.3 Å². The van der Waals surface area contributed by atoms with Crippen LogP contribution in [0.25, 0.3) is 11.0 Å². The first-order valence-electron chi connectivity index (χ1n) is 9.10. The highest BCUT2D eigenvalue weighted by Crippen LogP contribution is 2.24. The summed E-state index contributed by atoms with van der Waals surface area (Å²) in [6.45, 7) is 6.65. The molecule has 1 amide bonds. The molecule has 0 radical (unpaired) electrons. The van der Waals surface area contributed by atoms with Crippen molar-refractivity contribution < 1.29 is 9.53 Å². The summed E-state index contributed by atoms with van der Waals surface area (Å²) in [5, 5.41) is 3.01. The largest absolute Gasteiger partial charge is 0.378 e. The lowest BCUT2D eigenvalue weighted by Gasteiger charge is -2.29. The molecule has 6 heteroatoms. The second-order valence-electron chi connectivity index (χ2n) is 6.69. The van der Waals surface area contributed by atoms with Crippen LogP contribution in [0.4, 0.5) is 11.5 Å². The Morgan fingerprint density at radius 2 is 1.70 bits per heavy atom. The van der Waals surface area contributed by atoms with Crippen LogP contribution in [0.2, 0.25) is 0 Å². The second kappa shape index (κ2) is 7.32. The first kappa shape index (κ1) is 17.4. The Labute approximate surface area is 158 Å². The fourth-order valence-corrected chi connectivity index (χ4v) is 3.21. The van der Waals surface area contributed by atoms with Crippen LogP contribution in [-0.4, -0.2) is 42.2 Å². The van der Waals surface area contributed by atoms with Crippen molar-refractivity contribution in [1.82, 2.24) is 9.97 Å². The minimum absolute atomic E-state index is 0.247. The Balaban J connectivity index is 1.76. The van der Waals surface area contributed by atoms with Gasteiger partial charge in [0.15, 0.2) is 11.5 Å². The van der Waals surface area contributed by atoms with Crippen molar-refractivity contribution in [2.45, 2.75) is 13.8 Å². The number of fused-ring (bicyclic) bond motifs is 1. The Morgan fingerprint density at radius 1 is 1.00 bits per heavy atom. The number of nitrogens with one attached hydrogen (secondary N) is 1. The molecule has 1 N–H and O–H groups in total. The summed E-state index contributed by atoms with van der Waals surface area (Å²) in [5.41, 5.74) is 4.81. The average Bonchev–Trinajstić information content (AvgIpc) is 2.71. The molecule has 27 heavy (non-hydrogen) atoms. The van der Waals surface area contributed by atoms with E-state index in [9.17, 15) is 4.79 Å². The standard InChI is InChI=1S/C21H22N4O2/c1-14-6-5-9-16(15(14)2)24-21(26)19-20(25-10-12-27-13-11-25)23-18-8-4-3-7-17(18)22-19/h3-9H,10-13H2,1-2H3,(H,24,26). The number of aryl methyl sites for hydroxylation is 1. The zero-order chi connectivity index (χ0) is 18.8. The number of hydrogen-bond acceptors (Lipinski definition) is 5. The third-order valence-corrected chi connectivity index (χ3v) is 4.93. The molecule has 6 nitrogen and oxygen atoms in total. The third kappa shape index (κ3) is 3.48. The van der Waals surface area contributed by atoms with Crippen molar-refractivity contribution in [3.05, 3.63) is 59.3 Å². The number of rotatable bonds is 3. The van der Waals surface area contributed by atoms with E-state index >= 15 is 0 Å². The highest BCUT2D eigenvalue weighted by molar-refractivity contribution is 6.07. The second-order valence-corrected chi connectivity index (χ2v) is 6.69. The van der Waals surface area contributed by atoms with Crippen molar-refractivity contribution in [2.24, 2.45) is 0 Å². The van der Waals surface area contributed by atoms with Crippen molar-refractivity contribution >= 4 is 28.4 Å². The molecule has 2 heterocycles. The van der Waals surface area contributed by atoms with E-state index in [1.807, 2.05) is 56.3 Å². The van der Waals surface area contributed by atoms with E-state index in [-0.39, 0.29) is 5.91 Å². The molecule has 0 atom stereocenters. The Bertz CT molecular complexity index is 997. The molecule has 1 aliphatic heterocycles. The van der Waals surface area contributed by atoms with E-state index in [2.05, 4.69) is 15.2 Å². The maximum atomic E-state index is 13.1. The van der Waals surface area contributed by atoms with Gasteiger partial charge in [-0.15, -0.1) is 0 Å². The summed E-state index contributed by atoms with van der Waals surface area (Å²) in [7, 11) is 0. The Kier molecular flexibility index (Phi) is 4.73. The van der Waals surface area contributed by atoms with Crippen molar-refractivity contribution in [1.29, 1.82) is 0 Å². The SMILES string of the molecule is Cc1cccc(NC(=O)c2nc3ccccc3nc2N2CCOCC2)c1C. The lowest BCUT2D eigenvalue weighted by atomic mass is 10.1. The molecule has 4 rings (SSSR count). The molecule has 1 aliphatic rings. The zero-order valence-electron chi connectivity index (χ0n) is 15.5. The number of hydrogen-bond donors (Lipinski definition) is 1. The van der Waals surface area contributed by atoms with E-state index in [0.29, 0.717) is 43.3 Å². The van der Waals surface area contributed by atoms with E-state index in [0.717, 1.165) is 22.3 Å². The van der Waals surface area contributed by atoms with E-state index in [1.165, 1.54) is 0 Å².